The third-order valence-electron chi connectivity index (χ3n) is 5.81. The fourth-order valence-corrected chi connectivity index (χ4v) is 3.98. The zero-order chi connectivity index (χ0) is 22.8. The second-order valence-corrected chi connectivity index (χ2v) is 8.97. The first-order chi connectivity index (χ1) is 16.0. The summed E-state index contributed by atoms with van der Waals surface area (Å²) < 4.78 is 0. The molecule has 3 aromatic rings. The van der Waals surface area contributed by atoms with Crippen LogP contribution in [-0.4, -0.2) is 33.4 Å². The van der Waals surface area contributed by atoms with Crippen molar-refractivity contribution in [2.75, 3.05) is 17.2 Å². The van der Waals surface area contributed by atoms with E-state index in [1.54, 1.807) is 6.20 Å². The Morgan fingerprint density at radius 3 is 2.79 bits per heavy atom. The topological polar surface area (TPSA) is 104 Å². The second-order valence-electron chi connectivity index (χ2n) is 8.97. The molecule has 0 unspecified atom stereocenters. The number of hydrogen-bond acceptors (Lipinski definition) is 7. The van der Waals surface area contributed by atoms with Crippen molar-refractivity contribution >= 4 is 29.2 Å². The Balaban J connectivity index is 1.43. The molecule has 1 aliphatic heterocycles. The van der Waals surface area contributed by atoms with Crippen LogP contribution < -0.4 is 21.3 Å². The maximum absolute atomic E-state index is 12.8. The van der Waals surface area contributed by atoms with E-state index in [2.05, 4.69) is 43.4 Å². The van der Waals surface area contributed by atoms with Crippen molar-refractivity contribution in [2.45, 2.75) is 51.6 Å². The summed E-state index contributed by atoms with van der Waals surface area (Å²) in [5.41, 5.74) is 5.01. The maximum Gasteiger partial charge on any atom is 0.256 e. The number of amides is 1. The van der Waals surface area contributed by atoms with Crippen LogP contribution in [0, 0.1) is 0 Å². The Kier molecular flexibility index (Phi) is 5.92. The number of carbonyl (C=O) groups is 1. The lowest BCUT2D eigenvalue weighted by Gasteiger charge is -2.18. The second kappa shape index (κ2) is 9.15. The van der Waals surface area contributed by atoms with Gasteiger partial charge in [0.15, 0.2) is 0 Å². The van der Waals surface area contributed by atoms with Crippen LogP contribution in [0.4, 0.5) is 23.3 Å². The first-order valence-electron chi connectivity index (χ1n) is 11.6. The van der Waals surface area contributed by atoms with E-state index in [0.717, 1.165) is 30.9 Å². The highest BCUT2D eigenvalue weighted by Crippen LogP contribution is 2.39. The zero-order valence-corrected chi connectivity index (χ0v) is 19.0. The molecule has 4 N–H and O–H groups in total. The highest BCUT2D eigenvalue weighted by Gasteiger charge is 2.25. The minimum Gasteiger partial charge on any atom is -0.350 e. The summed E-state index contributed by atoms with van der Waals surface area (Å²) >= 11 is 0. The van der Waals surface area contributed by atoms with Crippen molar-refractivity contribution in [3.8, 4) is 0 Å². The number of fused-ring (bicyclic) bond motifs is 1. The molecule has 0 bridgehead atoms. The Bertz CT molecular complexity index is 1170. The Labute approximate surface area is 193 Å². The van der Waals surface area contributed by atoms with Gasteiger partial charge in [-0.15, -0.1) is 0 Å². The van der Waals surface area contributed by atoms with Crippen LogP contribution in [0.1, 0.15) is 59.8 Å². The highest BCUT2D eigenvalue weighted by molar-refractivity contribution is 5.99. The molecule has 0 radical (unpaired) electrons. The minimum atomic E-state index is -0.225. The van der Waals surface area contributed by atoms with Crippen molar-refractivity contribution in [3.63, 3.8) is 0 Å². The summed E-state index contributed by atoms with van der Waals surface area (Å²) in [6.07, 6.45) is 4.94. The summed E-state index contributed by atoms with van der Waals surface area (Å²) in [5, 5.41) is 12.9. The SMILES string of the molecule is CC(C)NC(=O)c1cnc(Nc2ccc3c(c2)CNCC3)nc1Nc1cccc(C2CC2)n1. The monoisotopic (exact) mass is 443 g/mol. The van der Waals surface area contributed by atoms with Crippen LogP contribution >= 0.6 is 0 Å². The number of rotatable bonds is 7. The van der Waals surface area contributed by atoms with E-state index in [4.69, 9.17) is 4.98 Å². The lowest BCUT2D eigenvalue weighted by molar-refractivity contribution is 0.0943. The quantitative estimate of drug-likeness (QED) is 0.437. The van der Waals surface area contributed by atoms with Gasteiger partial charge >= 0.3 is 0 Å². The Hall–Kier alpha value is -3.52. The number of anilines is 4. The van der Waals surface area contributed by atoms with Gasteiger partial charge in [-0.3, -0.25) is 4.79 Å². The normalized spacial score (nSPS) is 15.1. The standard InChI is InChI=1S/C25H29N7O/c1-15(2)28-24(33)20-14-27-25(29-19-9-8-16-10-11-26-13-18(16)12-19)32-23(20)31-22-5-3-4-21(30-22)17-6-7-17/h3-5,8-9,12,14-15,17,26H,6-7,10-11,13H2,1-2H3,(H,28,33)(H2,27,29,30,31,32). The molecule has 5 rings (SSSR count). The summed E-state index contributed by atoms with van der Waals surface area (Å²) in [7, 11) is 0. The number of nitrogens with zero attached hydrogens (tertiary/aromatic N) is 3. The summed E-state index contributed by atoms with van der Waals surface area (Å²) in [4.78, 5) is 26.6. The van der Waals surface area contributed by atoms with Crippen LogP contribution in [0.5, 0.6) is 0 Å². The molecule has 1 saturated carbocycles. The molecule has 1 aliphatic carbocycles. The Morgan fingerprint density at radius 2 is 1.97 bits per heavy atom. The van der Waals surface area contributed by atoms with Gasteiger partial charge in [0.1, 0.15) is 17.2 Å². The molecule has 2 aliphatic rings. The lowest BCUT2D eigenvalue weighted by atomic mass is 10.0. The molecule has 170 valence electrons. The summed E-state index contributed by atoms with van der Waals surface area (Å²) in [5.74, 6) is 1.82. The minimum absolute atomic E-state index is 0.00331. The van der Waals surface area contributed by atoms with Gasteiger partial charge in [0.25, 0.3) is 5.91 Å². The molecule has 0 saturated heterocycles. The van der Waals surface area contributed by atoms with E-state index in [9.17, 15) is 4.79 Å². The Morgan fingerprint density at radius 1 is 1.09 bits per heavy atom. The van der Waals surface area contributed by atoms with Gasteiger partial charge < -0.3 is 21.3 Å². The van der Waals surface area contributed by atoms with E-state index in [1.165, 1.54) is 24.0 Å². The first kappa shape index (κ1) is 21.3. The molecule has 2 aromatic heterocycles. The number of pyridine rings is 1. The molecule has 0 spiro atoms. The van der Waals surface area contributed by atoms with Crippen molar-refractivity contribution in [1.29, 1.82) is 0 Å². The van der Waals surface area contributed by atoms with Crippen LogP contribution in [0.15, 0.2) is 42.6 Å². The molecule has 1 fully saturated rings. The molecule has 8 heteroatoms. The van der Waals surface area contributed by atoms with E-state index in [0.29, 0.717) is 29.1 Å². The molecule has 0 atom stereocenters. The highest BCUT2D eigenvalue weighted by atomic mass is 16.1. The van der Waals surface area contributed by atoms with Gasteiger partial charge in [0, 0.05) is 36.1 Å². The van der Waals surface area contributed by atoms with Gasteiger partial charge in [0.05, 0.1) is 0 Å². The molecular weight excluding hydrogens is 414 g/mol. The van der Waals surface area contributed by atoms with Crippen LogP contribution in [0.25, 0.3) is 0 Å². The van der Waals surface area contributed by atoms with Crippen molar-refractivity contribution in [3.05, 3.63) is 65.0 Å². The van der Waals surface area contributed by atoms with Gasteiger partial charge in [-0.25, -0.2) is 9.97 Å². The maximum atomic E-state index is 12.8. The molecule has 1 aromatic carbocycles. The van der Waals surface area contributed by atoms with Gasteiger partial charge in [-0.05, 0) is 75.0 Å². The van der Waals surface area contributed by atoms with Crippen molar-refractivity contribution in [2.24, 2.45) is 0 Å². The average molecular weight is 444 g/mol. The molecule has 1 amide bonds. The van der Waals surface area contributed by atoms with Gasteiger partial charge in [0.2, 0.25) is 5.95 Å². The first-order valence-corrected chi connectivity index (χ1v) is 11.6. The van der Waals surface area contributed by atoms with E-state index in [-0.39, 0.29) is 11.9 Å². The van der Waals surface area contributed by atoms with E-state index < -0.39 is 0 Å². The zero-order valence-electron chi connectivity index (χ0n) is 19.0. The van der Waals surface area contributed by atoms with Crippen molar-refractivity contribution in [1.82, 2.24) is 25.6 Å². The summed E-state index contributed by atoms with van der Waals surface area (Å²) in [6.45, 7) is 5.71. The number of aromatic nitrogens is 3. The fourth-order valence-electron chi connectivity index (χ4n) is 3.98. The van der Waals surface area contributed by atoms with E-state index >= 15 is 0 Å². The van der Waals surface area contributed by atoms with Crippen LogP contribution in [0.2, 0.25) is 0 Å². The predicted octanol–water partition coefficient (Wildman–Crippen LogP) is 4.02. The smallest absolute Gasteiger partial charge is 0.256 e. The molecular formula is C25H29N7O. The third-order valence-corrected chi connectivity index (χ3v) is 5.81. The van der Waals surface area contributed by atoms with Crippen LogP contribution in [-0.2, 0) is 13.0 Å². The largest absolute Gasteiger partial charge is 0.350 e. The van der Waals surface area contributed by atoms with E-state index in [1.807, 2.05) is 38.1 Å². The third kappa shape index (κ3) is 5.12. The van der Waals surface area contributed by atoms with Gasteiger partial charge in [-0.2, -0.15) is 4.98 Å². The summed E-state index contributed by atoms with van der Waals surface area (Å²) in [6, 6.07) is 12.2. The number of nitrogens with one attached hydrogen (secondary N) is 4. The van der Waals surface area contributed by atoms with Crippen LogP contribution in [0.3, 0.4) is 0 Å². The van der Waals surface area contributed by atoms with Gasteiger partial charge in [-0.1, -0.05) is 12.1 Å². The number of carbonyl (C=O) groups excluding carboxylic acids is 1. The fraction of sp³-hybridized carbons (Fsp3) is 0.360. The average Bonchev–Trinajstić information content (AvgIpc) is 3.64. The molecule has 33 heavy (non-hydrogen) atoms. The predicted molar refractivity (Wildman–Crippen MR) is 129 cm³/mol. The lowest BCUT2D eigenvalue weighted by Crippen LogP contribution is -2.31. The number of hydrogen-bond donors (Lipinski definition) is 4. The molecule has 3 heterocycles. The number of benzene rings is 1. The molecule has 8 nitrogen and oxygen atoms in total. The van der Waals surface area contributed by atoms with Crippen molar-refractivity contribution < 1.29 is 4.79 Å².